The third-order valence-electron chi connectivity index (χ3n) is 5.28. The molecule has 0 aliphatic rings. The maximum Gasteiger partial charge on any atom is 0.355 e. The third kappa shape index (κ3) is 4.80. The quantitative estimate of drug-likeness (QED) is 0.357. The summed E-state index contributed by atoms with van der Waals surface area (Å²) >= 11 is 1.34. The van der Waals surface area contributed by atoms with Crippen molar-refractivity contribution in [2.75, 3.05) is 13.2 Å². The minimum absolute atomic E-state index is 0.108. The highest BCUT2D eigenvalue weighted by Gasteiger charge is 2.29. The van der Waals surface area contributed by atoms with Gasteiger partial charge in [-0.25, -0.2) is 4.79 Å². The first kappa shape index (κ1) is 23.4. The molecular formula is C24H27N3O4S. The first-order chi connectivity index (χ1) is 15.4. The number of Topliss-reactive ketones (excluding diaryl/α,β-unsaturated/α-hetero) is 1. The number of nitrogens with zero attached hydrogens (tertiary/aromatic N) is 3. The van der Waals surface area contributed by atoms with Gasteiger partial charge < -0.3 is 14.2 Å². The molecule has 0 aliphatic carbocycles. The van der Waals surface area contributed by atoms with Crippen LogP contribution in [0.15, 0.2) is 42.0 Å². The van der Waals surface area contributed by atoms with Crippen LogP contribution in [0.2, 0.25) is 0 Å². The molecule has 0 saturated carbocycles. The Labute approximate surface area is 191 Å². The van der Waals surface area contributed by atoms with E-state index < -0.39 is 5.97 Å². The largest absolute Gasteiger partial charge is 0.461 e. The van der Waals surface area contributed by atoms with E-state index in [0.29, 0.717) is 33.9 Å². The van der Waals surface area contributed by atoms with Crippen LogP contribution < -0.4 is 0 Å². The van der Waals surface area contributed by atoms with E-state index in [1.165, 1.54) is 16.2 Å². The average molecular weight is 454 g/mol. The molecule has 0 fully saturated rings. The molecular weight excluding hydrogens is 426 g/mol. The molecule has 0 N–H and O–H groups in total. The maximum absolute atomic E-state index is 13.5. The molecule has 0 saturated heterocycles. The first-order valence-electron chi connectivity index (χ1n) is 10.5. The second-order valence-corrected chi connectivity index (χ2v) is 8.27. The zero-order valence-corrected chi connectivity index (χ0v) is 19.6. The Morgan fingerprint density at radius 1 is 1.16 bits per heavy atom. The monoisotopic (exact) mass is 453 g/mol. The van der Waals surface area contributed by atoms with Crippen LogP contribution in [0, 0.1) is 13.8 Å². The topological polar surface area (TPSA) is 81.5 Å². The van der Waals surface area contributed by atoms with Gasteiger partial charge in [-0.15, -0.1) is 11.3 Å². The minimum Gasteiger partial charge on any atom is -0.461 e. The molecule has 0 spiro atoms. The molecule has 0 radical (unpaired) electrons. The third-order valence-corrected chi connectivity index (χ3v) is 6.14. The van der Waals surface area contributed by atoms with Crippen molar-refractivity contribution in [3.05, 3.63) is 75.0 Å². The average Bonchev–Trinajstić information content (AvgIpc) is 3.39. The highest BCUT2D eigenvalue weighted by Crippen LogP contribution is 2.25. The van der Waals surface area contributed by atoms with E-state index in [4.69, 9.17) is 4.74 Å². The molecule has 0 bridgehead atoms. The summed E-state index contributed by atoms with van der Waals surface area (Å²) in [6.45, 7) is 8.17. The van der Waals surface area contributed by atoms with Crippen molar-refractivity contribution in [2.45, 2.75) is 40.8 Å². The Morgan fingerprint density at radius 3 is 2.53 bits per heavy atom. The molecule has 3 heterocycles. The van der Waals surface area contributed by atoms with E-state index in [2.05, 4.69) is 4.98 Å². The van der Waals surface area contributed by atoms with E-state index in [0.717, 1.165) is 5.56 Å². The number of esters is 1. The van der Waals surface area contributed by atoms with Crippen LogP contribution in [-0.2, 0) is 17.8 Å². The van der Waals surface area contributed by atoms with Gasteiger partial charge in [0, 0.05) is 36.7 Å². The van der Waals surface area contributed by atoms with Gasteiger partial charge in [-0.3, -0.25) is 14.6 Å². The molecule has 3 aromatic rings. The van der Waals surface area contributed by atoms with Gasteiger partial charge in [-0.1, -0.05) is 12.1 Å². The minimum atomic E-state index is -0.448. The van der Waals surface area contributed by atoms with E-state index >= 15 is 0 Å². The lowest BCUT2D eigenvalue weighted by molar-refractivity contribution is 0.0512. The lowest BCUT2D eigenvalue weighted by Gasteiger charge is -2.22. The van der Waals surface area contributed by atoms with Crippen LogP contribution in [0.25, 0.3) is 0 Å². The fourth-order valence-electron chi connectivity index (χ4n) is 3.88. The number of hydrogen-bond acceptors (Lipinski definition) is 6. The lowest BCUT2D eigenvalue weighted by Crippen LogP contribution is -2.35. The molecule has 0 atom stereocenters. The second-order valence-electron chi connectivity index (χ2n) is 7.32. The maximum atomic E-state index is 13.5. The smallest absolute Gasteiger partial charge is 0.355 e. The SMILES string of the molecule is CCOC(=O)c1c(C)c(C(=O)CN(Cc2cccnc2)C(=O)c2cccs2)c(C)n1CC. The van der Waals surface area contributed by atoms with E-state index in [1.807, 2.05) is 31.4 Å². The molecule has 0 unspecified atom stereocenters. The highest BCUT2D eigenvalue weighted by molar-refractivity contribution is 7.12. The Balaban J connectivity index is 1.95. The van der Waals surface area contributed by atoms with Gasteiger partial charge in [0.15, 0.2) is 5.78 Å². The Kier molecular flexibility index (Phi) is 7.58. The molecule has 1 amide bonds. The molecule has 32 heavy (non-hydrogen) atoms. The van der Waals surface area contributed by atoms with Crippen LogP contribution in [0.3, 0.4) is 0 Å². The van der Waals surface area contributed by atoms with Gasteiger partial charge in [-0.05, 0) is 56.3 Å². The normalized spacial score (nSPS) is 10.8. The van der Waals surface area contributed by atoms with Crippen LogP contribution in [0.1, 0.15) is 61.2 Å². The molecule has 0 aliphatic heterocycles. The highest BCUT2D eigenvalue weighted by atomic mass is 32.1. The number of amides is 1. The van der Waals surface area contributed by atoms with Crippen molar-refractivity contribution in [1.82, 2.24) is 14.5 Å². The van der Waals surface area contributed by atoms with E-state index in [-0.39, 0.29) is 31.4 Å². The van der Waals surface area contributed by atoms with Gasteiger partial charge in [0.1, 0.15) is 5.69 Å². The summed E-state index contributed by atoms with van der Waals surface area (Å²) in [4.78, 5) is 45.3. The number of carbonyl (C=O) groups excluding carboxylic acids is 3. The second kappa shape index (κ2) is 10.4. The number of pyridine rings is 1. The molecule has 0 aromatic carbocycles. The number of carbonyl (C=O) groups is 3. The number of aromatic nitrogens is 2. The molecule has 7 nitrogen and oxygen atoms in total. The van der Waals surface area contributed by atoms with Crippen molar-refractivity contribution < 1.29 is 19.1 Å². The van der Waals surface area contributed by atoms with Crippen LogP contribution in [0.4, 0.5) is 0 Å². The number of ether oxygens (including phenoxy) is 1. The van der Waals surface area contributed by atoms with Crippen molar-refractivity contribution in [1.29, 1.82) is 0 Å². The summed E-state index contributed by atoms with van der Waals surface area (Å²) in [5, 5.41) is 1.83. The summed E-state index contributed by atoms with van der Waals surface area (Å²) in [6, 6.07) is 7.22. The molecule has 3 rings (SSSR count). The molecule has 8 heteroatoms. The number of thiophene rings is 1. The van der Waals surface area contributed by atoms with Crippen molar-refractivity contribution in [3.63, 3.8) is 0 Å². The predicted molar refractivity (Wildman–Crippen MR) is 123 cm³/mol. The number of hydrogen-bond donors (Lipinski definition) is 0. The van der Waals surface area contributed by atoms with Crippen LogP contribution in [0.5, 0.6) is 0 Å². The summed E-state index contributed by atoms with van der Waals surface area (Å²) in [6.07, 6.45) is 3.35. The van der Waals surface area contributed by atoms with Crippen molar-refractivity contribution in [3.8, 4) is 0 Å². The van der Waals surface area contributed by atoms with Gasteiger partial charge >= 0.3 is 5.97 Å². The van der Waals surface area contributed by atoms with Gasteiger partial charge in [0.05, 0.1) is 18.0 Å². The summed E-state index contributed by atoms with van der Waals surface area (Å²) in [5.41, 5.74) is 2.96. The van der Waals surface area contributed by atoms with E-state index in [1.54, 1.807) is 42.9 Å². The van der Waals surface area contributed by atoms with Crippen LogP contribution in [-0.4, -0.2) is 45.3 Å². The Bertz CT molecular complexity index is 1100. The zero-order valence-electron chi connectivity index (χ0n) is 18.8. The molecule has 3 aromatic heterocycles. The first-order valence-corrected chi connectivity index (χ1v) is 11.4. The Morgan fingerprint density at radius 2 is 1.94 bits per heavy atom. The van der Waals surface area contributed by atoms with Gasteiger partial charge in [0.2, 0.25) is 0 Å². The van der Waals surface area contributed by atoms with Crippen molar-refractivity contribution in [2.24, 2.45) is 0 Å². The predicted octanol–water partition coefficient (Wildman–Crippen LogP) is 4.28. The van der Waals surface area contributed by atoms with Gasteiger partial charge in [0.25, 0.3) is 5.91 Å². The Hall–Kier alpha value is -3.26. The fraction of sp³-hybridized carbons (Fsp3) is 0.333. The standard InChI is InChI=1S/C24H27N3O4S/c1-5-27-17(4)21(16(3)22(27)24(30)31-6-2)19(28)15-26(14-18-9-7-11-25-13-18)23(29)20-10-8-12-32-20/h7-13H,5-6,14-15H2,1-4H3. The van der Waals surface area contributed by atoms with Crippen molar-refractivity contribution >= 4 is 29.0 Å². The fourth-order valence-corrected chi connectivity index (χ4v) is 4.57. The molecule has 168 valence electrons. The lowest BCUT2D eigenvalue weighted by atomic mass is 10.0. The summed E-state index contributed by atoms with van der Waals surface area (Å²) in [7, 11) is 0. The number of ketones is 1. The van der Waals surface area contributed by atoms with Gasteiger partial charge in [-0.2, -0.15) is 0 Å². The van der Waals surface area contributed by atoms with Crippen LogP contribution >= 0.6 is 11.3 Å². The zero-order chi connectivity index (χ0) is 23.3. The summed E-state index contributed by atoms with van der Waals surface area (Å²) < 4.78 is 7.00. The summed E-state index contributed by atoms with van der Waals surface area (Å²) in [5.74, 6) is -0.879. The van der Waals surface area contributed by atoms with E-state index in [9.17, 15) is 14.4 Å². The number of rotatable bonds is 9.